The van der Waals surface area contributed by atoms with Gasteiger partial charge in [0.05, 0.1) is 32.0 Å². The van der Waals surface area contributed by atoms with Crippen molar-refractivity contribution in [2.75, 3.05) is 20.3 Å². The van der Waals surface area contributed by atoms with E-state index in [9.17, 15) is 5.11 Å². The minimum absolute atomic E-state index is 0.165. The van der Waals surface area contributed by atoms with Crippen LogP contribution in [0.15, 0.2) is 24.3 Å². The molecule has 2 atom stereocenters. The van der Waals surface area contributed by atoms with Crippen molar-refractivity contribution in [3.05, 3.63) is 29.8 Å². The molecule has 0 aliphatic rings. The molecular formula is C16H26O4. The molecule has 4 heteroatoms. The highest BCUT2D eigenvalue weighted by atomic mass is 16.5. The van der Waals surface area contributed by atoms with Gasteiger partial charge < -0.3 is 19.3 Å². The van der Waals surface area contributed by atoms with Gasteiger partial charge in [-0.15, -0.1) is 0 Å². The number of hydrogen-bond acceptors (Lipinski definition) is 4. The lowest BCUT2D eigenvalue weighted by molar-refractivity contribution is -0.0756. The van der Waals surface area contributed by atoms with Crippen LogP contribution < -0.4 is 4.74 Å². The molecule has 0 saturated heterocycles. The largest absolute Gasteiger partial charge is 0.497 e. The molecular weight excluding hydrogens is 256 g/mol. The van der Waals surface area contributed by atoms with E-state index in [-0.39, 0.29) is 11.7 Å². The van der Waals surface area contributed by atoms with Gasteiger partial charge in [0.25, 0.3) is 0 Å². The summed E-state index contributed by atoms with van der Waals surface area (Å²) < 4.78 is 16.3. The van der Waals surface area contributed by atoms with Crippen molar-refractivity contribution < 1.29 is 19.3 Å². The van der Waals surface area contributed by atoms with E-state index in [4.69, 9.17) is 14.2 Å². The van der Waals surface area contributed by atoms with Crippen LogP contribution in [0.2, 0.25) is 0 Å². The van der Waals surface area contributed by atoms with Gasteiger partial charge >= 0.3 is 0 Å². The first kappa shape index (κ1) is 17.0. The zero-order chi connectivity index (χ0) is 15.2. The van der Waals surface area contributed by atoms with E-state index >= 15 is 0 Å². The third kappa shape index (κ3) is 5.90. The van der Waals surface area contributed by atoms with Gasteiger partial charge in [0.15, 0.2) is 0 Å². The summed E-state index contributed by atoms with van der Waals surface area (Å²) >= 11 is 0. The van der Waals surface area contributed by atoms with Gasteiger partial charge in [0, 0.05) is 0 Å². The van der Waals surface area contributed by atoms with Crippen LogP contribution in [0.1, 0.15) is 39.4 Å². The molecule has 0 radical (unpaired) electrons. The zero-order valence-corrected chi connectivity index (χ0v) is 13.1. The van der Waals surface area contributed by atoms with E-state index in [1.54, 1.807) is 7.11 Å². The molecule has 1 rings (SSSR count). The molecule has 20 heavy (non-hydrogen) atoms. The number of methoxy groups -OCH3 is 1. The number of aliphatic hydroxyl groups is 1. The number of aliphatic hydroxyl groups excluding tert-OH is 1. The maximum absolute atomic E-state index is 10.2. The lowest BCUT2D eigenvalue weighted by atomic mass is 10.1. The topological polar surface area (TPSA) is 47.9 Å². The van der Waals surface area contributed by atoms with Crippen molar-refractivity contribution in [3.63, 3.8) is 0 Å². The van der Waals surface area contributed by atoms with E-state index in [0.29, 0.717) is 13.2 Å². The molecule has 0 saturated carbocycles. The first-order valence-corrected chi connectivity index (χ1v) is 6.91. The molecule has 0 bridgehead atoms. The fourth-order valence-corrected chi connectivity index (χ4v) is 1.75. The minimum atomic E-state index is -0.657. The van der Waals surface area contributed by atoms with Gasteiger partial charge in [0.2, 0.25) is 0 Å². The van der Waals surface area contributed by atoms with Crippen LogP contribution in [0.5, 0.6) is 5.75 Å². The van der Waals surface area contributed by atoms with Crippen molar-refractivity contribution >= 4 is 0 Å². The number of benzene rings is 1. The second-order valence-corrected chi connectivity index (χ2v) is 5.75. The van der Waals surface area contributed by atoms with E-state index in [2.05, 4.69) is 0 Å². The van der Waals surface area contributed by atoms with E-state index in [0.717, 1.165) is 11.3 Å². The summed E-state index contributed by atoms with van der Waals surface area (Å²) in [5.41, 5.74) is 0.649. The molecule has 0 aliphatic heterocycles. The molecule has 2 unspecified atom stereocenters. The fourth-order valence-electron chi connectivity index (χ4n) is 1.75. The van der Waals surface area contributed by atoms with Crippen LogP contribution in [0.25, 0.3) is 0 Å². The maximum atomic E-state index is 10.2. The average Bonchev–Trinajstić information content (AvgIpc) is 2.41. The van der Waals surface area contributed by atoms with Crippen LogP contribution >= 0.6 is 0 Å². The third-order valence-corrected chi connectivity index (χ3v) is 2.90. The Morgan fingerprint density at radius 2 is 1.70 bits per heavy atom. The second kappa shape index (κ2) is 7.62. The molecule has 0 heterocycles. The molecule has 1 N–H and O–H groups in total. The Morgan fingerprint density at radius 3 is 2.20 bits per heavy atom. The Balaban J connectivity index is 2.39. The molecule has 0 aromatic heterocycles. The maximum Gasteiger partial charge on any atom is 0.118 e. The zero-order valence-electron chi connectivity index (χ0n) is 13.1. The fraction of sp³-hybridized carbons (Fsp3) is 0.625. The summed E-state index contributed by atoms with van der Waals surface area (Å²) in [6.07, 6.45) is -0.942. The highest BCUT2D eigenvalue weighted by Gasteiger charge is 2.17. The van der Waals surface area contributed by atoms with Crippen molar-refractivity contribution in [2.45, 2.75) is 45.5 Å². The third-order valence-electron chi connectivity index (χ3n) is 2.90. The monoisotopic (exact) mass is 282 g/mol. The normalized spacial score (nSPS) is 14.9. The quantitative estimate of drug-likeness (QED) is 0.781. The standard InChI is InChI=1S/C16H26O4/c1-12(19-10-11-20-16(2,3)4)15(17)13-6-8-14(18-5)9-7-13/h6-9,12,15,17H,10-11H2,1-5H3. The Morgan fingerprint density at radius 1 is 1.10 bits per heavy atom. The lowest BCUT2D eigenvalue weighted by Crippen LogP contribution is -2.25. The average molecular weight is 282 g/mol. The van der Waals surface area contributed by atoms with E-state index in [1.165, 1.54) is 0 Å². The minimum Gasteiger partial charge on any atom is -0.497 e. The predicted octanol–water partition coefficient (Wildman–Crippen LogP) is 2.95. The molecule has 0 spiro atoms. The smallest absolute Gasteiger partial charge is 0.118 e. The molecule has 1 aromatic rings. The Kier molecular flexibility index (Phi) is 6.46. The first-order valence-electron chi connectivity index (χ1n) is 6.91. The highest BCUT2D eigenvalue weighted by Crippen LogP contribution is 2.21. The summed E-state index contributed by atoms with van der Waals surface area (Å²) in [5.74, 6) is 0.771. The van der Waals surface area contributed by atoms with Crippen molar-refractivity contribution in [3.8, 4) is 5.75 Å². The van der Waals surface area contributed by atoms with Crippen LogP contribution in [0.3, 0.4) is 0 Å². The van der Waals surface area contributed by atoms with Crippen molar-refractivity contribution in [1.82, 2.24) is 0 Å². The van der Waals surface area contributed by atoms with Gasteiger partial charge in [-0.1, -0.05) is 12.1 Å². The summed E-state index contributed by atoms with van der Waals surface area (Å²) in [4.78, 5) is 0. The summed E-state index contributed by atoms with van der Waals surface area (Å²) in [6, 6.07) is 7.34. The summed E-state index contributed by atoms with van der Waals surface area (Å²) in [5, 5.41) is 10.2. The molecule has 0 aliphatic carbocycles. The Hall–Kier alpha value is -1.10. The first-order chi connectivity index (χ1) is 9.33. The Labute approximate surface area is 121 Å². The molecule has 1 aromatic carbocycles. The summed E-state index contributed by atoms with van der Waals surface area (Å²) in [7, 11) is 1.62. The van der Waals surface area contributed by atoms with Crippen molar-refractivity contribution in [2.24, 2.45) is 0 Å². The summed E-state index contributed by atoms with van der Waals surface area (Å²) in [6.45, 7) is 8.84. The van der Waals surface area contributed by atoms with E-state index in [1.807, 2.05) is 52.0 Å². The predicted molar refractivity (Wildman–Crippen MR) is 79.1 cm³/mol. The second-order valence-electron chi connectivity index (χ2n) is 5.75. The van der Waals surface area contributed by atoms with Gasteiger partial charge in [-0.25, -0.2) is 0 Å². The number of hydrogen-bond donors (Lipinski definition) is 1. The number of rotatable bonds is 7. The van der Waals surface area contributed by atoms with Crippen LogP contribution in [-0.2, 0) is 9.47 Å². The molecule has 0 amide bonds. The van der Waals surface area contributed by atoms with Gasteiger partial charge in [-0.3, -0.25) is 0 Å². The molecule has 0 fully saturated rings. The highest BCUT2D eigenvalue weighted by molar-refractivity contribution is 5.28. The molecule has 4 nitrogen and oxygen atoms in total. The van der Waals surface area contributed by atoms with Gasteiger partial charge in [0.1, 0.15) is 11.9 Å². The van der Waals surface area contributed by atoms with Crippen molar-refractivity contribution in [1.29, 1.82) is 0 Å². The van der Waals surface area contributed by atoms with Crippen LogP contribution in [0.4, 0.5) is 0 Å². The SMILES string of the molecule is COc1ccc(C(O)C(C)OCCOC(C)(C)C)cc1. The Bertz CT molecular complexity index is 380. The van der Waals surface area contributed by atoms with Crippen LogP contribution in [-0.4, -0.2) is 37.1 Å². The van der Waals surface area contributed by atoms with E-state index < -0.39 is 6.10 Å². The van der Waals surface area contributed by atoms with Gasteiger partial charge in [-0.2, -0.15) is 0 Å². The molecule has 114 valence electrons. The van der Waals surface area contributed by atoms with Gasteiger partial charge in [-0.05, 0) is 45.4 Å². The number of ether oxygens (including phenoxy) is 3. The lowest BCUT2D eigenvalue weighted by Gasteiger charge is -2.23. The van der Waals surface area contributed by atoms with Crippen LogP contribution in [0, 0.1) is 0 Å².